The average Bonchev–Trinajstić information content (AvgIpc) is 2.81. The number of nitriles is 1. The minimum atomic E-state index is -0.612. The van der Waals surface area contributed by atoms with Crippen LogP contribution in [0.15, 0.2) is 23.3 Å². The summed E-state index contributed by atoms with van der Waals surface area (Å²) in [5.41, 5.74) is 0.534. The zero-order valence-corrected chi connectivity index (χ0v) is 25.8. The number of ketones is 2. The van der Waals surface area contributed by atoms with Gasteiger partial charge in [-0.05, 0) is 61.7 Å². The molecule has 0 amide bonds. The average molecular weight is 523 g/mol. The van der Waals surface area contributed by atoms with Crippen molar-refractivity contribution in [3.63, 3.8) is 0 Å². The van der Waals surface area contributed by atoms with Crippen molar-refractivity contribution in [1.82, 2.24) is 4.90 Å². The summed E-state index contributed by atoms with van der Waals surface area (Å²) in [6.45, 7) is 19.5. The topological polar surface area (TPSA) is 61.2 Å². The second kappa shape index (κ2) is 8.93. The molecule has 6 rings (SSSR count). The van der Waals surface area contributed by atoms with Gasteiger partial charge in [0.1, 0.15) is 11.9 Å². The van der Waals surface area contributed by atoms with Gasteiger partial charge >= 0.3 is 18.9 Å². The molecule has 5 heteroatoms. The van der Waals surface area contributed by atoms with Crippen LogP contribution >= 0.6 is 0 Å². The van der Waals surface area contributed by atoms with Crippen molar-refractivity contribution in [3.8, 4) is 6.07 Å². The summed E-state index contributed by atoms with van der Waals surface area (Å²) >= 11 is 0. The number of carbonyl (C=O) groups excluding carboxylic acids is 2. The van der Waals surface area contributed by atoms with Gasteiger partial charge in [0, 0.05) is 10.8 Å². The largest absolute Gasteiger partial charge is 1.00 e. The van der Waals surface area contributed by atoms with Crippen molar-refractivity contribution in [3.05, 3.63) is 29.2 Å². The van der Waals surface area contributed by atoms with E-state index < -0.39 is 10.8 Å². The Labute approximate surface area is 248 Å². The normalized spacial score (nSPS) is 44.7. The quantitative estimate of drug-likeness (QED) is 0.408. The standard InChI is InChI=1S/C34H47N2O2.Li/c1-29(2)11-13-34(21-36-15-8-16-36)14-12-33(7)27(23(34)19-29)24(37)17-26-31(5)18-22(20-35)28(38)30(3,4)25(31)9-10-32(26,33)6;/h17-18,25,27H,8-16,19,21H2,1-7H3;/q-1;+1/t25?,27-,31-,32+,33+,34+;/m0./s1. The van der Waals surface area contributed by atoms with Crippen molar-refractivity contribution >= 4 is 11.6 Å². The van der Waals surface area contributed by atoms with Gasteiger partial charge in [-0.2, -0.15) is 11.7 Å². The molecule has 1 aliphatic heterocycles. The predicted molar refractivity (Wildman–Crippen MR) is 150 cm³/mol. The zero-order valence-electron chi connectivity index (χ0n) is 25.8. The number of likely N-dealkylation sites (tertiary alicyclic amines) is 1. The van der Waals surface area contributed by atoms with Gasteiger partial charge in [0.05, 0.1) is 5.57 Å². The van der Waals surface area contributed by atoms with Crippen molar-refractivity contribution in [2.75, 3.05) is 19.6 Å². The third kappa shape index (κ3) is 3.78. The molecule has 0 aromatic rings. The first-order valence-electron chi connectivity index (χ1n) is 15.2. The third-order valence-corrected chi connectivity index (χ3v) is 13.1. The van der Waals surface area contributed by atoms with Crippen LogP contribution in [-0.2, 0) is 9.59 Å². The van der Waals surface area contributed by atoms with Gasteiger partial charge in [-0.25, -0.2) is 0 Å². The predicted octanol–water partition coefficient (Wildman–Crippen LogP) is 3.87. The first-order valence-corrected chi connectivity index (χ1v) is 15.2. The minimum Gasteiger partial charge on any atom is -0.305 e. The fourth-order valence-corrected chi connectivity index (χ4v) is 10.6. The Balaban J connectivity index is 0.00000308. The number of hydrogen-bond acceptors (Lipinski definition) is 4. The van der Waals surface area contributed by atoms with E-state index in [0.29, 0.717) is 5.78 Å². The number of carbonyl (C=O) groups is 2. The Bertz CT molecular complexity index is 1200. The van der Waals surface area contributed by atoms with E-state index in [1.54, 1.807) is 5.92 Å². The van der Waals surface area contributed by atoms with E-state index in [1.807, 2.05) is 26.0 Å². The smallest absolute Gasteiger partial charge is 0.305 e. The van der Waals surface area contributed by atoms with E-state index in [1.165, 1.54) is 44.3 Å². The van der Waals surface area contributed by atoms with Crippen LogP contribution in [0.2, 0.25) is 0 Å². The molecule has 0 aromatic carbocycles. The van der Waals surface area contributed by atoms with Gasteiger partial charge < -0.3 is 4.90 Å². The van der Waals surface area contributed by atoms with Crippen LogP contribution in [0, 0.1) is 61.6 Å². The summed E-state index contributed by atoms with van der Waals surface area (Å²) in [7, 11) is 0. The fraction of sp³-hybridized carbons (Fsp3) is 0.765. The van der Waals surface area contributed by atoms with Crippen LogP contribution in [0.25, 0.3) is 0 Å². The molecule has 0 aromatic heterocycles. The maximum atomic E-state index is 14.5. The first kappa shape index (κ1) is 29.4. The summed E-state index contributed by atoms with van der Waals surface area (Å²) in [4.78, 5) is 30.4. The number of rotatable bonds is 2. The molecule has 0 N–H and O–H groups in total. The summed E-state index contributed by atoms with van der Waals surface area (Å²) in [5, 5.41) is 9.92. The Morgan fingerprint density at radius 3 is 2.28 bits per heavy atom. The molecule has 0 spiro atoms. The van der Waals surface area contributed by atoms with Crippen molar-refractivity contribution in [2.24, 2.45) is 44.3 Å². The molecular weight excluding hydrogens is 475 g/mol. The summed E-state index contributed by atoms with van der Waals surface area (Å²) in [5.74, 6) is 1.90. The Hall–Kier alpha value is -1.13. The zero-order chi connectivity index (χ0) is 27.5. The maximum absolute atomic E-state index is 14.5. The van der Waals surface area contributed by atoms with Crippen LogP contribution in [0.3, 0.4) is 0 Å². The molecule has 4 fully saturated rings. The first-order chi connectivity index (χ1) is 17.6. The van der Waals surface area contributed by atoms with Crippen LogP contribution in [-0.4, -0.2) is 36.1 Å². The number of hydrogen-bond donors (Lipinski definition) is 0. The Morgan fingerprint density at radius 1 is 1.00 bits per heavy atom. The summed E-state index contributed by atoms with van der Waals surface area (Å²) < 4.78 is 0. The second-order valence-electron chi connectivity index (χ2n) is 16.0. The monoisotopic (exact) mass is 522 g/mol. The third-order valence-electron chi connectivity index (χ3n) is 13.1. The van der Waals surface area contributed by atoms with Crippen molar-refractivity contribution < 1.29 is 28.4 Å². The van der Waals surface area contributed by atoms with Gasteiger partial charge in [-0.15, -0.1) is 5.41 Å². The van der Waals surface area contributed by atoms with E-state index in [-0.39, 0.29) is 63.7 Å². The molecule has 1 heterocycles. The molecule has 1 unspecified atom stereocenters. The summed E-state index contributed by atoms with van der Waals surface area (Å²) in [6, 6.07) is 2.22. The number of nitrogens with zero attached hydrogens (tertiary/aromatic N) is 2. The van der Waals surface area contributed by atoms with Crippen molar-refractivity contribution in [1.29, 1.82) is 5.26 Å². The molecule has 0 radical (unpaired) electrons. The van der Waals surface area contributed by atoms with Crippen molar-refractivity contribution in [2.45, 2.75) is 99.8 Å². The number of allylic oxidation sites excluding steroid dienone is 4. The van der Waals surface area contributed by atoms with E-state index in [2.05, 4.69) is 45.6 Å². The number of Topliss-reactive ketones (excluding diaryl/α,β-unsaturated/α-hetero) is 1. The molecule has 1 saturated heterocycles. The molecule has 4 nitrogen and oxygen atoms in total. The molecule has 5 aliphatic carbocycles. The fourth-order valence-electron chi connectivity index (χ4n) is 10.6. The molecule has 6 aliphatic rings. The second-order valence-corrected chi connectivity index (χ2v) is 16.0. The minimum absolute atomic E-state index is 0. The molecular formula is C34H47LiN2O2. The van der Waals surface area contributed by atoms with Gasteiger partial charge in [-0.3, -0.25) is 15.5 Å². The van der Waals surface area contributed by atoms with Gasteiger partial charge in [0.15, 0.2) is 5.78 Å². The van der Waals surface area contributed by atoms with Crippen LogP contribution in [0.4, 0.5) is 0 Å². The van der Waals surface area contributed by atoms with E-state index in [4.69, 9.17) is 0 Å². The van der Waals surface area contributed by atoms with Crippen LogP contribution in [0.1, 0.15) is 99.8 Å². The van der Waals surface area contributed by atoms with Gasteiger partial charge in [-0.1, -0.05) is 97.1 Å². The van der Waals surface area contributed by atoms with E-state index >= 15 is 0 Å². The Morgan fingerprint density at radius 2 is 1.67 bits per heavy atom. The maximum Gasteiger partial charge on any atom is 1.00 e. The van der Waals surface area contributed by atoms with Gasteiger partial charge in [0.25, 0.3) is 0 Å². The van der Waals surface area contributed by atoms with Gasteiger partial charge in [0.2, 0.25) is 0 Å². The molecule has 206 valence electrons. The molecule has 3 saturated carbocycles. The van der Waals surface area contributed by atoms with Crippen LogP contribution < -0.4 is 18.9 Å². The van der Waals surface area contributed by atoms with E-state index in [0.717, 1.165) is 32.2 Å². The molecule has 0 bridgehead atoms. The summed E-state index contributed by atoms with van der Waals surface area (Å²) in [6.07, 6.45) is 13.0. The van der Waals surface area contributed by atoms with Crippen LogP contribution in [0.5, 0.6) is 0 Å². The number of fused-ring (bicyclic) bond motifs is 7. The SMILES string of the molecule is CC1(C)CC[C@]2(CN3CCC3)CC[C@]3(C)[C@H](C(=O)C=C4[C@@]5(C)C=C(C#N)C(=O)C(C)(C)C5CC[C@]43C)[C-]2C1.[Li+]. The Kier molecular flexibility index (Phi) is 6.73. The molecule has 39 heavy (non-hydrogen) atoms. The molecule has 6 atom stereocenters. The van der Waals surface area contributed by atoms with E-state index in [9.17, 15) is 14.9 Å².